The maximum Gasteiger partial charge on any atom is 0.338 e. The summed E-state index contributed by atoms with van der Waals surface area (Å²) in [6.45, 7) is -0.000146. The molecule has 0 radical (unpaired) electrons. The second-order valence-electron chi connectivity index (χ2n) is 7.90. The highest BCUT2D eigenvalue weighted by Crippen LogP contribution is 2.27. The fraction of sp³-hybridized carbons (Fsp3) is 0.231. The largest absolute Gasteiger partial charge is 0.452 e. The maximum absolute atomic E-state index is 12.2. The van der Waals surface area contributed by atoms with E-state index < -0.39 is 28.5 Å². The van der Waals surface area contributed by atoms with Crippen molar-refractivity contribution in [3.8, 4) is 0 Å². The summed E-state index contributed by atoms with van der Waals surface area (Å²) >= 11 is 0. The number of hydrogen-bond acceptors (Lipinski definition) is 5. The van der Waals surface area contributed by atoms with E-state index in [0.717, 1.165) is 15.4 Å². The van der Waals surface area contributed by atoms with Crippen molar-refractivity contribution < 1.29 is 22.7 Å². The summed E-state index contributed by atoms with van der Waals surface area (Å²) < 4.78 is 30.4. The van der Waals surface area contributed by atoms with Crippen LogP contribution in [0.4, 0.5) is 0 Å². The van der Waals surface area contributed by atoms with Crippen molar-refractivity contribution >= 4 is 21.9 Å². The topological polar surface area (TPSA) is 92.8 Å². The Morgan fingerprint density at radius 1 is 0.853 bits per heavy atom. The summed E-state index contributed by atoms with van der Waals surface area (Å²) in [5.74, 6) is -0.974. The van der Waals surface area contributed by atoms with Gasteiger partial charge in [-0.15, -0.1) is 0 Å². The highest BCUT2D eigenvalue weighted by Gasteiger charge is 2.18. The van der Waals surface area contributed by atoms with Crippen molar-refractivity contribution in [1.29, 1.82) is 0 Å². The third-order valence-corrected chi connectivity index (χ3v) is 7.19. The number of hydrogen-bond donors (Lipinski definition) is 1. The van der Waals surface area contributed by atoms with Crippen LogP contribution in [0.15, 0.2) is 89.8 Å². The van der Waals surface area contributed by atoms with Gasteiger partial charge in [-0.3, -0.25) is 4.79 Å². The number of nitrogens with zero attached hydrogens (tertiary/aromatic N) is 1. The minimum atomic E-state index is -3.59. The fourth-order valence-electron chi connectivity index (χ4n) is 3.49. The molecule has 1 amide bonds. The average molecular weight is 481 g/mol. The predicted molar refractivity (Wildman–Crippen MR) is 130 cm³/mol. The van der Waals surface area contributed by atoms with Gasteiger partial charge in [0.1, 0.15) is 0 Å². The van der Waals surface area contributed by atoms with Gasteiger partial charge in [0.25, 0.3) is 5.91 Å². The molecule has 0 atom stereocenters. The molecule has 0 aliphatic heterocycles. The van der Waals surface area contributed by atoms with Gasteiger partial charge in [0.05, 0.1) is 10.5 Å². The molecule has 3 aromatic rings. The highest BCUT2D eigenvalue weighted by molar-refractivity contribution is 7.89. The lowest BCUT2D eigenvalue weighted by atomic mass is 9.88. The molecular weight excluding hydrogens is 452 g/mol. The summed E-state index contributed by atoms with van der Waals surface area (Å²) in [6, 6.07) is 25.6. The van der Waals surface area contributed by atoms with Crippen LogP contribution >= 0.6 is 0 Å². The minimum absolute atomic E-state index is 0.0678. The Kier molecular flexibility index (Phi) is 8.56. The summed E-state index contributed by atoms with van der Waals surface area (Å²) in [5.41, 5.74) is 2.49. The van der Waals surface area contributed by atoms with Gasteiger partial charge in [-0.05, 0) is 41.8 Å². The van der Waals surface area contributed by atoms with Crippen molar-refractivity contribution in [2.24, 2.45) is 0 Å². The third-order valence-electron chi connectivity index (χ3n) is 5.36. The molecule has 8 heteroatoms. The Morgan fingerprint density at radius 2 is 1.38 bits per heavy atom. The van der Waals surface area contributed by atoms with Crippen LogP contribution in [0.2, 0.25) is 0 Å². The van der Waals surface area contributed by atoms with Gasteiger partial charge in [-0.2, -0.15) is 0 Å². The SMILES string of the molecule is CN(C)S(=O)(=O)c1ccc(C(=O)OCC(=O)NCCC(c2ccccc2)c2ccccc2)cc1. The number of sulfonamides is 1. The number of rotatable bonds is 10. The predicted octanol–water partition coefficient (Wildman–Crippen LogP) is 3.43. The van der Waals surface area contributed by atoms with Crippen molar-refractivity contribution in [3.05, 3.63) is 102 Å². The molecule has 0 aliphatic rings. The zero-order chi connectivity index (χ0) is 24.6. The van der Waals surface area contributed by atoms with Crippen LogP contribution in [0.5, 0.6) is 0 Å². The van der Waals surface area contributed by atoms with Crippen molar-refractivity contribution in [2.45, 2.75) is 17.2 Å². The monoisotopic (exact) mass is 480 g/mol. The quantitative estimate of drug-likeness (QED) is 0.449. The Labute approximate surface area is 200 Å². The molecule has 0 fully saturated rings. The number of amides is 1. The third kappa shape index (κ3) is 6.52. The van der Waals surface area contributed by atoms with E-state index in [1.807, 2.05) is 36.4 Å². The normalized spacial score (nSPS) is 11.4. The van der Waals surface area contributed by atoms with Crippen LogP contribution in [0.3, 0.4) is 0 Å². The van der Waals surface area contributed by atoms with Gasteiger partial charge in [-0.25, -0.2) is 17.5 Å². The Hall–Kier alpha value is -3.49. The molecule has 7 nitrogen and oxygen atoms in total. The molecule has 3 rings (SSSR count). The highest BCUT2D eigenvalue weighted by atomic mass is 32.2. The molecule has 1 N–H and O–H groups in total. The Balaban J connectivity index is 1.51. The first-order valence-electron chi connectivity index (χ1n) is 10.9. The first-order valence-corrected chi connectivity index (χ1v) is 12.3. The number of carbonyl (C=O) groups excluding carboxylic acids is 2. The molecule has 0 unspecified atom stereocenters. The number of nitrogens with one attached hydrogen (secondary N) is 1. The van der Waals surface area contributed by atoms with Gasteiger partial charge >= 0.3 is 5.97 Å². The molecule has 0 heterocycles. The van der Waals surface area contributed by atoms with E-state index in [2.05, 4.69) is 29.6 Å². The Bertz CT molecular complexity index is 1160. The van der Waals surface area contributed by atoms with E-state index in [4.69, 9.17) is 4.74 Å². The van der Waals surface area contributed by atoms with Crippen molar-refractivity contribution in [1.82, 2.24) is 9.62 Å². The molecular formula is C26H28N2O5S. The first kappa shape index (κ1) is 25.1. The zero-order valence-corrected chi connectivity index (χ0v) is 20.0. The molecule has 34 heavy (non-hydrogen) atoms. The van der Waals surface area contributed by atoms with E-state index in [9.17, 15) is 18.0 Å². The van der Waals surface area contributed by atoms with Gasteiger partial charge in [0.2, 0.25) is 10.0 Å². The summed E-state index contributed by atoms with van der Waals surface area (Å²) in [4.78, 5) is 24.5. The lowest BCUT2D eigenvalue weighted by molar-refractivity contribution is -0.124. The average Bonchev–Trinajstić information content (AvgIpc) is 2.86. The molecule has 0 saturated heterocycles. The van der Waals surface area contributed by atoms with Gasteiger partial charge in [0, 0.05) is 26.6 Å². The second kappa shape index (κ2) is 11.6. The molecule has 0 bridgehead atoms. The number of ether oxygens (including phenoxy) is 1. The van der Waals surface area contributed by atoms with Gasteiger partial charge < -0.3 is 10.1 Å². The first-order chi connectivity index (χ1) is 16.3. The van der Waals surface area contributed by atoms with E-state index in [1.165, 1.54) is 38.4 Å². The molecule has 0 aliphatic carbocycles. The molecule has 0 aromatic heterocycles. The van der Waals surface area contributed by atoms with Crippen LogP contribution in [0.25, 0.3) is 0 Å². The van der Waals surface area contributed by atoms with Crippen molar-refractivity contribution in [3.63, 3.8) is 0 Å². The second-order valence-corrected chi connectivity index (χ2v) is 10.1. The number of carbonyl (C=O) groups is 2. The minimum Gasteiger partial charge on any atom is -0.452 e. The fourth-order valence-corrected chi connectivity index (χ4v) is 4.39. The van der Waals surface area contributed by atoms with Crippen LogP contribution in [-0.2, 0) is 19.6 Å². The smallest absolute Gasteiger partial charge is 0.338 e. The molecule has 0 spiro atoms. The van der Waals surface area contributed by atoms with Crippen molar-refractivity contribution in [2.75, 3.05) is 27.2 Å². The standard InChI is InChI=1S/C26H28N2O5S/c1-28(2)34(31,32)23-15-13-22(14-16-23)26(30)33-19-25(29)27-18-17-24(20-9-5-3-6-10-20)21-11-7-4-8-12-21/h3-16,24H,17-19H2,1-2H3,(H,27,29). The maximum atomic E-state index is 12.2. The summed E-state index contributed by atoms with van der Waals surface area (Å²) in [6.07, 6.45) is 0.690. The molecule has 0 saturated carbocycles. The van der Waals surface area contributed by atoms with E-state index in [1.54, 1.807) is 0 Å². The van der Waals surface area contributed by atoms with E-state index in [-0.39, 0.29) is 16.4 Å². The van der Waals surface area contributed by atoms with Crippen LogP contribution in [0, 0.1) is 0 Å². The molecule has 178 valence electrons. The van der Waals surface area contributed by atoms with Crippen LogP contribution in [-0.4, -0.2) is 51.8 Å². The molecule has 3 aromatic carbocycles. The van der Waals surface area contributed by atoms with Gasteiger partial charge in [0.15, 0.2) is 6.61 Å². The summed E-state index contributed by atoms with van der Waals surface area (Å²) in [7, 11) is -0.728. The summed E-state index contributed by atoms with van der Waals surface area (Å²) in [5, 5.41) is 2.80. The van der Waals surface area contributed by atoms with Crippen LogP contribution < -0.4 is 5.32 Å². The number of esters is 1. The van der Waals surface area contributed by atoms with E-state index in [0.29, 0.717) is 13.0 Å². The lowest BCUT2D eigenvalue weighted by Gasteiger charge is -2.18. The van der Waals surface area contributed by atoms with Gasteiger partial charge in [-0.1, -0.05) is 60.7 Å². The van der Waals surface area contributed by atoms with E-state index >= 15 is 0 Å². The lowest BCUT2D eigenvalue weighted by Crippen LogP contribution is -2.30. The zero-order valence-electron chi connectivity index (χ0n) is 19.2. The van der Waals surface area contributed by atoms with Crippen LogP contribution in [0.1, 0.15) is 33.8 Å². The Morgan fingerprint density at radius 3 is 1.88 bits per heavy atom. The number of benzene rings is 3.